The minimum atomic E-state index is -3.54. The fourth-order valence-corrected chi connectivity index (χ4v) is 4.83. The SMILES string of the molecule is CCCN(CC1CC1)c1cc(C(=O)Nc2ccc(S(=O)(=O)CCCC(=O)OCC)cc2)ncn1. The molecule has 1 aromatic heterocycles. The van der Waals surface area contributed by atoms with Crippen molar-refractivity contribution in [1.29, 1.82) is 0 Å². The molecular formula is C24H32N4O5S. The van der Waals surface area contributed by atoms with E-state index in [1.807, 2.05) is 0 Å². The van der Waals surface area contributed by atoms with Gasteiger partial charge in [0.2, 0.25) is 0 Å². The minimum absolute atomic E-state index is 0.0540. The summed E-state index contributed by atoms with van der Waals surface area (Å²) < 4.78 is 29.8. The Morgan fingerprint density at radius 3 is 2.53 bits per heavy atom. The summed E-state index contributed by atoms with van der Waals surface area (Å²) in [5, 5.41) is 2.76. The number of nitrogens with zero attached hydrogens (tertiary/aromatic N) is 3. The molecule has 1 fully saturated rings. The van der Waals surface area contributed by atoms with Crippen molar-refractivity contribution < 1.29 is 22.7 Å². The summed E-state index contributed by atoms with van der Waals surface area (Å²) >= 11 is 0. The van der Waals surface area contributed by atoms with Gasteiger partial charge in [-0.3, -0.25) is 9.59 Å². The van der Waals surface area contributed by atoms with Crippen molar-refractivity contribution >= 4 is 33.2 Å². The molecule has 0 atom stereocenters. The Morgan fingerprint density at radius 1 is 1.15 bits per heavy atom. The number of aromatic nitrogens is 2. The van der Waals surface area contributed by atoms with Crippen LogP contribution < -0.4 is 10.2 Å². The Labute approximate surface area is 200 Å². The number of carbonyl (C=O) groups is 2. The Hall–Kier alpha value is -3.01. The summed E-state index contributed by atoms with van der Waals surface area (Å²) in [6.07, 6.45) is 5.08. The summed E-state index contributed by atoms with van der Waals surface area (Å²) in [6.45, 7) is 5.88. The molecule has 1 saturated carbocycles. The summed E-state index contributed by atoms with van der Waals surface area (Å²) in [5.41, 5.74) is 0.705. The van der Waals surface area contributed by atoms with Gasteiger partial charge in [0.1, 0.15) is 17.8 Å². The van der Waals surface area contributed by atoms with Crippen LogP contribution in [0, 0.1) is 5.92 Å². The van der Waals surface area contributed by atoms with E-state index in [4.69, 9.17) is 4.74 Å². The molecule has 34 heavy (non-hydrogen) atoms. The van der Waals surface area contributed by atoms with Crippen LogP contribution in [0.5, 0.6) is 0 Å². The number of ether oxygens (including phenoxy) is 1. The van der Waals surface area contributed by atoms with Gasteiger partial charge in [0.15, 0.2) is 9.84 Å². The lowest BCUT2D eigenvalue weighted by atomic mass is 10.2. The van der Waals surface area contributed by atoms with Gasteiger partial charge < -0.3 is 15.0 Å². The molecule has 1 heterocycles. The topological polar surface area (TPSA) is 119 Å². The maximum Gasteiger partial charge on any atom is 0.305 e. The molecule has 10 heteroatoms. The number of carbonyl (C=O) groups excluding carboxylic acids is 2. The second-order valence-electron chi connectivity index (χ2n) is 8.36. The van der Waals surface area contributed by atoms with Gasteiger partial charge in [-0.1, -0.05) is 6.92 Å². The molecule has 184 valence electrons. The van der Waals surface area contributed by atoms with Crippen molar-refractivity contribution in [1.82, 2.24) is 9.97 Å². The van der Waals surface area contributed by atoms with E-state index < -0.39 is 21.7 Å². The van der Waals surface area contributed by atoms with Crippen molar-refractivity contribution in [2.45, 2.75) is 50.8 Å². The number of amides is 1. The number of sulfone groups is 1. The smallest absolute Gasteiger partial charge is 0.305 e. The second kappa shape index (κ2) is 11.9. The number of hydrogen-bond acceptors (Lipinski definition) is 8. The first-order valence-corrected chi connectivity index (χ1v) is 13.3. The van der Waals surface area contributed by atoms with Crippen molar-refractivity contribution in [3.63, 3.8) is 0 Å². The molecular weight excluding hydrogens is 456 g/mol. The third-order valence-corrected chi connectivity index (χ3v) is 7.27. The van der Waals surface area contributed by atoms with Gasteiger partial charge in [0, 0.05) is 31.3 Å². The molecule has 1 aliphatic carbocycles. The van der Waals surface area contributed by atoms with Crippen molar-refractivity contribution in [3.05, 3.63) is 42.4 Å². The van der Waals surface area contributed by atoms with E-state index in [9.17, 15) is 18.0 Å². The Balaban J connectivity index is 1.60. The van der Waals surface area contributed by atoms with Crippen molar-refractivity contribution in [2.24, 2.45) is 5.92 Å². The van der Waals surface area contributed by atoms with E-state index in [0.717, 1.165) is 25.3 Å². The molecule has 0 unspecified atom stereocenters. The van der Waals surface area contributed by atoms with Gasteiger partial charge in [0.05, 0.1) is 17.3 Å². The molecule has 1 amide bonds. The molecule has 1 N–H and O–H groups in total. The lowest BCUT2D eigenvalue weighted by Crippen LogP contribution is -2.28. The van der Waals surface area contributed by atoms with Crippen LogP contribution in [0.25, 0.3) is 0 Å². The van der Waals surface area contributed by atoms with Gasteiger partial charge in [0.25, 0.3) is 5.91 Å². The summed E-state index contributed by atoms with van der Waals surface area (Å²) in [7, 11) is -3.54. The minimum Gasteiger partial charge on any atom is -0.466 e. The standard InChI is InChI=1S/C24H32N4O5S/c1-3-13-28(16-18-7-8-18)22-15-21(25-17-26-22)24(30)27-19-9-11-20(12-10-19)34(31,32)14-5-6-23(29)33-4-2/h9-12,15,17-18H,3-8,13-14,16H2,1-2H3,(H,27,30). The summed E-state index contributed by atoms with van der Waals surface area (Å²) in [4.78, 5) is 34.9. The van der Waals surface area contributed by atoms with Crippen LogP contribution in [-0.4, -0.2) is 55.7 Å². The number of hydrogen-bond donors (Lipinski definition) is 1. The first-order chi connectivity index (χ1) is 16.3. The van der Waals surface area contributed by atoms with Crippen molar-refractivity contribution in [2.75, 3.05) is 35.7 Å². The van der Waals surface area contributed by atoms with E-state index in [1.165, 1.54) is 43.4 Å². The highest BCUT2D eigenvalue weighted by Gasteiger charge is 2.25. The maximum absolute atomic E-state index is 12.7. The van der Waals surface area contributed by atoms with E-state index in [1.54, 1.807) is 13.0 Å². The average Bonchev–Trinajstić information content (AvgIpc) is 3.63. The highest BCUT2D eigenvalue weighted by molar-refractivity contribution is 7.91. The van der Waals surface area contributed by atoms with Gasteiger partial charge in [-0.05, 0) is 62.8 Å². The molecule has 2 aromatic rings. The molecule has 0 radical (unpaired) electrons. The largest absolute Gasteiger partial charge is 0.466 e. The molecule has 3 rings (SSSR count). The highest BCUT2D eigenvalue weighted by Crippen LogP contribution is 2.31. The van der Waals surface area contributed by atoms with Gasteiger partial charge >= 0.3 is 5.97 Å². The van der Waals surface area contributed by atoms with E-state index in [2.05, 4.69) is 27.1 Å². The second-order valence-corrected chi connectivity index (χ2v) is 10.5. The zero-order chi connectivity index (χ0) is 24.6. The van der Waals surface area contributed by atoms with Gasteiger partial charge in [-0.2, -0.15) is 0 Å². The number of nitrogens with one attached hydrogen (secondary N) is 1. The van der Waals surface area contributed by atoms with Crippen LogP contribution in [0.15, 0.2) is 41.6 Å². The number of rotatable bonds is 13. The molecule has 0 aliphatic heterocycles. The molecule has 0 saturated heterocycles. The first-order valence-electron chi connectivity index (χ1n) is 11.7. The summed E-state index contributed by atoms with van der Waals surface area (Å²) in [6, 6.07) is 7.65. The number of anilines is 2. The third kappa shape index (κ3) is 7.51. The van der Waals surface area contributed by atoms with E-state index in [0.29, 0.717) is 11.6 Å². The molecule has 9 nitrogen and oxygen atoms in total. The Bertz CT molecular complexity index is 1080. The van der Waals surface area contributed by atoms with E-state index >= 15 is 0 Å². The van der Waals surface area contributed by atoms with Crippen LogP contribution in [0.2, 0.25) is 0 Å². The molecule has 0 bridgehead atoms. The van der Waals surface area contributed by atoms with Crippen molar-refractivity contribution in [3.8, 4) is 0 Å². The fourth-order valence-electron chi connectivity index (χ4n) is 3.52. The summed E-state index contributed by atoms with van der Waals surface area (Å²) in [5.74, 6) is 0.471. The predicted octanol–water partition coefficient (Wildman–Crippen LogP) is 3.47. The highest BCUT2D eigenvalue weighted by atomic mass is 32.2. The molecule has 0 spiro atoms. The first kappa shape index (κ1) is 25.6. The fraction of sp³-hybridized carbons (Fsp3) is 0.500. The predicted molar refractivity (Wildman–Crippen MR) is 130 cm³/mol. The van der Waals surface area contributed by atoms with Crippen LogP contribution in [0.4, 0.5) is 11.5 Å². The monoisotopic (exact) mass is 488 g/mol. The number of esters is 1. The normalized spacial score (nSPS) is 13.4. The number of benzene rings is 1. The quantitative estimate of drug-likeness (QED) is 0.426. The lowest BCUT2D eigenvalue weighted by Gasteiger charge is -2.23. The average molecular weight is 489 g/mol. The van der Waals surface area contributed by atoms with Gasteiger partial charge in [-0.25, -0.2) is 18.4 Å². The van der Waals surface area contributed by atoms with Gasteiger partial charge in [-0.15, -0.1) is 0 Å². The van der Waals surface area contributed by atoms with Crippen LogP contribution >= 0.6 is 0 Å². The van der Waals surface area contributed by atoms with E-state index in [-0.39, 0.29) is 35.8 Å². The Morgan fingerprint density at radius 2 is 1.88 bits per heavy atom. The van der Waals surface area contributed by atoms with Crippen LogP contribution in [-0.2, 0) is 19.4 Å². The van der Waals surface area contributed by atoms with Crippen LogP contribution in [0.1, 0.15) is 56.4 Å². The zero-order valence-corrected chi connectivity index (χ0v) is 20.5. The molecule has 1 aliphatic rings. The Kier molecular flexibility index (Phi) is 8.98. The third-order valence-electron chi connectivity index (χ3n) is 5.45. The lowest BCUT2D eigenvalue weighted by molar-refractivity contribution is -0.143. The molecule has 1 aromatic carbocycles. The maximum atomic E-state index is 12.7. The van der Waals surface area contributed by atoms with Crippen LogP contribution in [0.3, 0.4) is 0 Å². The zero-order valence-electron chi connectivity index (χ0n) is 19.7.